The summed E-state index contributed by atoms with van der Waals surface area (Å²) in [5, 5.41) is 30.4. The zero-order valence-electron chi connectivity index (χ0n) is 15.0. The van der Waals surface area contributed by atoms with Crippen LogP contribution in [0.25, 0.3) is 0 Å². The van der Waals surface area contributed by atoms with Gasteiger partial charge < -0.3 is 30.1 Å². The molecule has 0 radical (unpaired) electrons. The summed E-state index contributed by atoms with van der Waals surface area (Å²) in [7, 11) is 0. The maximum atomic E-state index is 11.8. The second kappa shape index (κ2) is 7.94. The normalized spacial score (nSPS) is 13.4. The van der Waals surface area contributed by atoms with Gasteiger partial charge in [0.25, 0.3) is 0 Å². The van der Waals surface area contributed by atoms with Gasteiger partial charge >= 0.3 is 18.0 Å². The number of esters is 1. The molecule has 0 aliphatic carbocycles. The van der Waals surface area contributed by atoms with Gasteiger partial charge in [-0.1, -0.05) is 6.07 Å². The third-order valence-corrected chi connectivity index (χ3v) is 3.44. The molecule has 9 heteroatoms. The van der Waals surface area contributed by atoms with Crippen molar-refractivity contribution in [1.82, 2.24) is 5.32 Å². The maximum absolute atomic E-state index is 11.8. The molecule has 0 unspecified atom stereocenters. The molecule has 26 heavy (non-hydrogen) atoms. The van der Waals surface area contributed by atoms with Crippen LogP contribution >= 0.6 is 0 Å². The molecule has 4 N–H and O–H groups in total. The number of carbonyl (C=O) groups is 3. The van der Waals surface area contributed by atoms with E-state index < -0.39 is 41.5 Å². The van der Waals surface area contributed by atoms with Gasteiger partial charge in [-0.2, -0.15) is 0 Å². The molecule has 1 aromatic rings. The summed E-state index contributed by atoms with van der Waals surface area (Å²) in [5.41, 5.74) is -2.16. The van der Waals surface area contributed by atoms with Crippen molar-refractivity contribution in [1.29, 1.82) is 0 Å². The number of nitrogens with one attached hydrogen (secondary N) is 1. The number of carboxylic acids is 1. The SMILES string of the molecule is CC(C)(C)C(=O)OCOC(=O)N[C@@](C)(Cc1ccc(O)c(O)c1)C(=O)O. The molecule has 0 spiro atoms. The zero-order chi connectivity index (χ0) is 20.1. The third-order valence-electron chi connectivity index (χ3n) is 3.44. The molecule has 144 valence electrons. The molecule has 0 aromatic heterocycles. The van der Waals surface area contributed by atoms with Gasteiger partial charge in [-0.05, 0) is 45.4 Å². The highest BCUT2D eigenvalue weighted by Crippen LogP contribution is 2.27. The Labute approximate surface area is 150 Å². The van der Waals surface area contributed by atoms with Gasteiger partial charge in [0.05, 0.1) is 5.41 Å². The number of rotatable bonds is 6. The number of aliphatic carboxylic acids is 1. The van der Waals surface area contributed by atoms with Crippen LogP contribution < -0.4 is 5.32 Å². The van der Waals surface area contributed by atoms with E-state index in [1.165, 1.54) is 25.1 Å². The van der Waals surface area contributed by atoms with Crippen molar-refractivity contribution in [3.63, 3.8) is 0 Å². The lowest BCUT2D eigenvalue weighted by atomic mass is 9.93. The first-order chi connectivity index (χ1) is 11.8. The predicted octanol–water partition coefficient (Wildman–Crippen LogP) is 1.76. The number of phenolic OH excluding ortho intramolecular Hbond substituents is 2. The quantitative estimate of drug-likeness (QED) is 0.337. The summed E-state index contributed by atoms with van der Waals surface area (Å²) in [6, 6.07) is 3.81. The van der Waals surface area contributed by atoms with E-state index in [1.54, 1.807) is 20.8 Å². The van der Waals surface area contributed by atoms with Crippen molar-refractivity contribution in [2.24, 2.45) is 5.41 Å². The Balaban J connectivity index is 2.71. The summed E-state index contributed by atoms with van der Waals surface area (Å²) in [5.74, 6) is -2.68. The van der Waals surface area contributed by atoms with Crippen LogP contribution in [0.3, 0.4) is 0 Å². The van der Waals surface area contributed by atoms with Crippen molar-refractivity contribution in [2.75, 3.05) is 6.79 Å². The summed E-state index contributed by atoms with van der Waals surface area (Å²) in [6.45, 7) is 5.48. The molecule has 1 atom stereocenters. The van der Waals surface area contributed by atoms with E-state index in [9.17, 15) is 29.7 Å². The number of carboxylic acid groups (broad SMARTS) is 1. The van der Waals surface area contributed by atoms with Crippen molar-refractivity contribution >= 4 is 18.0 Å². The molecule has 0 heterocycles. The highest BCUT2D eigenvalue weighted by Gasteiger charge is 2.36. The molecule has 1 aromatic carbocycles. The van der Waals surface area contributed by atoms with Gasteiger partial charge in [-0.15, -0.1) is 0 Å². The van der Waals surface area contributed by atoms with E-state index in [0.717, 1.165) is 0 Å². The van der Waals surface area contributed by atoms with Crippen LogP contribution in [0, 0.1) is 5.41 Å². The molecule has 1 rings (SSSR count). The first kappa shape index (κ1) is 21.1. The van der Waals surface area contributed by atoms with Crippen LogP contribution in [-0.4, -0.2) is 45.7 Å². The largest absolute Gasteiger partial charge is 0.504 e. The van der Waals surface area contributed by atoms with E-state index in [2.05, 4.69) is 10.1 Å². The van der Waals surface area contributed by atoms with Crippen LogP contribution in [-0.2, 0) is 25.5 Å². The fraction of sp³-hybridized carbons (Fsp3) is 0.471. The standard InChI is InChI=1S/C17H23NO8/c1-16(2,3)14(23)25-9-26-15(24)18-17(4,13(21)22)8-10-5-6-11(19)12(20)7-10/h5-7,19-20H,8-9H2,1-4H3,(H,18,24)(H,21,22)/t17-/m0/s1. The number of aromatic hydroxyl groups is 2. The highest BCUT2D eigenvalue weighted by molar-refractivity contribution is 5.84. The number of hydrogen-bond donors (Lipinski definition) is 4. The lowest BCUT2D eigenvalue weighted by Crippen LogP contribution is -2.54. The number of ether oxygens (including phenoxy) is 2. The van der Waals surface area contributed by atoms with Crippen LogP contribution in [0.1, 0.15) is 33.3 Å². The fourth-order valence-corrected chi connectivity index (χ4v) is 1.87. The van der Waals surface area contributed by atoms with E-state index in [-0.39, 0.29) is 12.2 Å². The number of hydrogen-bond acceptors (Lipinski definition) is 7. The van der Waals surface area contributed by atoms with E-state index in [0.29, 0.717) is 5.56 Å². The van der Waals surface area contributed by atoms with E-state index in [4.69, 9.17) is 4.74 Å². The summed E-state index contributed by atoms with van der Waals surface area (Å²) in [6.07, 6.45) is -1.27. The number of benzene rings is 1. The molecule has 1 amide bonds. The van der Waals surface area contributed by atoms with Crippen LogP contribution in [0.4, 0.5) is 4.79 Å². The Hall–Kier alpha value is -2.97. The molecule has 0 aliphatic rings. The smallest absolute Gasteiger partial charge is 0.410 e. The minimum atomic E-state index is -1.76. The summed E-state index contributed by atoms with van der Waals surface area (Å²) in [4.78, 5) is 35.0. The van der Waals surface area contributed by atoms with E-state index >= 15 is 0 Å². The Morgan fingerprint density at radius 1 is 1.04 bits per heavy atom. The zero-order valence-corrected chi connectivity index (χ0v) is 15.0. The number of amides is 1. The van der Waals surface area contributed by atoms with E-state index in [1.807, 2.05) is 0 Å². The maximum Gasteiger partial charge on any atom is 0.410 e. The topological polar surface area (TPSA) is 142 Å². The minimum absolute atomic E-state index is 0.187. The molecular formula is C17H23NO8. The average Bonchev–Trinajstić information content (AvgIpc) is 2.49. The number of alkyl carbamates (subject to hydrolysis) is 1. The second-order valence-corrected chi connectivity index (χ2v) is 6.99. The first-order valence-corrected chi connectivity index (χ1v) is 7.71. The summed E-state index contributed by atoms with van der Waals surface area (Å²) < 4.78 is 9.46. The molecular weight excluding hydrogens is 346 g/mol. The minimum Gasteiger partial charge on any atom is -0.504 e. The first-order valence-electron chi connectivity index (χ1n) is 7.71. The van der Waals surface area contributed by atoms with Crippen molar-refractivity contribution in [3.8, 4) is 11.5 Å². The molecule has 9 nitrogen and oxygen atoms in total. The van der Waals surface area contributed by atoms with Crippen molar-refractivity contribution in [3.05, 3.63) is 23.8 Å². The van der Waals surface area contributed by atoms with Gasteiger partial charge in [-0.3, -0.25) is 4.79 Å². The Morgan fingerprint density at radius 2 is 1.65 bits per heavy atom. The molecule has 0 bridgehead atoms. The fourth-order valence-electron chi connectivity index (χ4n) is 1.87. The monoisotopic (exact) mass is 369 g/mol. The van der Waals surface area contributed by atoms with Gasteiger partial charge in [-0.25, -0.2) is 9.59 Å². The number of phenols is 2. The van der Waals surface area contributed by atoms with Gasteiger partial charge in [0, 0.05) is 6.42 Å². The Morgan fingerprint density at radius 3 is 2.15 bits per heavy atom. The van der Waals surface area contributed by atoms with Gasteiger partial charge in [0.15, 0.2) is 11.5 Å². The molecule has 0 aliphatic heterocycles. The third kappa shape index (κ3) is 5.83. The second-order valence-electron chi connectivity index (χ2n) is 6.99. The molecule has 0 fully saturated rings. The Kier molecular flexibility index (Phi) is 6.44. The lowest BCUT2D eigenvalue weighted by Gasteiger charge is -2.26. The lowest BCUT2D eigenvalue weighted by molar-refractivity contribution is -0.161. The molecule has 0 saturated heterocycles. The van der Waals surface area contributed by atoms with Crippen LogP contribution in [0.15, 0.2) is 18.2 Å². The van der Waals surface area contributed by atoms with Crippen LogP contribution in [0.2, 0.25) is 0 Å². The van der Waals surface area contributed by atoms with Gasteiger partial charge in [0.2, 0.25) is 6.79 Å². The van der Waals surface area contributed by atoms with Crippen molar-refractivity contribution < 1.29 is 39.2 Å². The summed E-state index contributed by atoms with van der Waals surface area (Å²) >= 11 is 0. The average molecular weight is 369 g/mol. The number of carbonyl (C=O) groups excluding carboxylic acids is 2. The Bertz CT molecular complexity index is 694. The highest BCUT2D eigenvalue weighted by atomic mass is 16.7. The van der Waals surface area contributed by atoms with Crippen molar-refractivity contribution in [2.45, 2.75) is 39.7 Å². The molecule has 0 saturated carbocycles. The van der Waals surface area contributed by atoms with Crippen LogP contribution in [0.5, 0.6) is 11.5 Å². The predicted molar refractivity (Wildman–Crippen MR) is 89.5 cm³/mol. The van der Waals surface area contributed by atoms with Gasteiger partial charge in [0.1, 0.15) is 5.54 Å².